The van der Waals surface area contributed by atoms with Crippen molar-refractivity contribution in [2.75, 3.05) is 40.9 Å². The van der Waals surface area contributed by atoms with Crippen molar-refractivity contribution in [3.8, 4) is 0 Å². The van der Waals surface area contributed by atoms with E-state index in [1.54, 1.807) is 0 Å². The molecule has 0 aliphatic rings. The monoisotopic (exact) mass is 1140 g/mol. The Balaban J connectivity index is 5.13. The lowest BCUT2D eigenvalue weighted by Crippen LogP contribution is -2.47. The number of allylic oxidation sites excluding steroid dienone is 3. The number of unbranched alkanes of at least 4 members (excludes halogenated alkanes) is 46. The quantitative estimate of drug-likeness (QED) is 0.0205. The first-order valence-corrected chi connectivity index (χ1v) is 36.2. The number of hydrogen-bond acceptors (Lipinski definition) is 6. The maximum absolute atomic E-state index is 13.6. The SMILES string of the molecule is CCCCCCCC/C=C/CCCCCCCCCCCCCC(=O)NC(COP(=O)(O)OCC[N+](C)(C)C)C(/C=C/CCCCCCCCCCCCC)OC(=O)CCCCCCCCCCCCCCCCCCCCC. The van der Waals surface area contributed by atoms with Gasteiger partial charge in [-0.05, 0) is 57.4 Å². The summed E-state index contributed by atoms with van der Waals surface area (Å²) in [6, 6.07) is -0.844. The van der Waals surface area contributed by atoms with E-state index in [4.69, 9.17) is 13.8 Å². The van der Waals surface area contributed by atoms with E-state index >= 15 is 0 Å². The molecule has 0 rings (SSSR count). The zero-order valence-corrected chi connectivity index (χ0v) is 54.5. The molecule has 3 unspecified atom stereocenters. The Labute approximate surface area is 492 Å². The third kappa shape index (κ3) is 60.9. The number of amides is 1. The molecule has 10 heteroatoms. The summed E-state index contributed by atoms with van der Waals surface area (Å²) in [7, 11) is 1.52. The predicted molar refractivity (Wildman–Crippen MR) is 342 cm³/mol. The van der Waals surface area contributed by atoms with E-state index < -0.39 is 20.0 Å². The molecule has 0 heterocycles. The van der Waals surface area contributed by atoms with Gasteiger partial charge >= 0.3 is 13.8 Å². The van der Waals surface area contributed by atoms with Gasteiger partial charge in [0.15, 0.2) is 0 Å². The Morgan fingerprint density at radius 2 is 0.734 bits per heavy atom. The summed E-state index contributed by atoms with van der Waals surface area (Å²) < 4.78 is 30.8. The molecule has 1 amide bonds. The number of hydrogen-bond donors (Lipinski definition) is 2. The molecule has 0 aliphatic carbocycles. The number of carbonyl (C=O) groups is 2. The lowest BCUT2D eigenvalue weighted by Gasteiger charge is -2.27. The van der Waals surface area contributed by atoms with Gasteiger partial charge in [-0.25, -0.2) is 4.57 Å². The average molecular weight is 1140 g/mol. The Bertz CT molecular complexity index is 1400. The van der Waals surface area contributed by atoms with Crippen molar-refractivity contribution < 1.29 is 37.3 Å². The van der Waals surface area contributed by atoms with E-state index in [1.165, 1.54) is 263 Å². The third-order valence-corrected chi connectivity index (χ3v) is 16.9. The van der Waals surface area contributed by atoms with Gasteiger partial charge in [-0.3, -0.25) is 18.6 Å². The van der Waals surface area contributed by atoms with Gasteiger partial charge in [-0.1, -0.05) is 309 Å². The average Bonchev–Trinajstić information content (AvgIpc) is 3.41. The highest BCUT2D eigenvalue weighted by molar-refractivity contribution is 7.47. The molecule has 9 nitrogen and oxygen atoms in total. The van der Waals surface area contributed by atoms with Crippen molar-refractivity contribution in [3.63, 3.8) is 0 Å². The van der Waals surface area contributed by atoms with Crippen molar-refractivity contribution in [2.45, 2.75) is 367 Å². The number of quaternary nitrogens is 1. The number of phosphoric ester groups is 1. The highest BCUT2D eigenvalue weighted by atomic mass is 31.2. The molecule has 468 valence electrons. The molecular formula is C69H136N2O7P+. The van der Waals surface area contributed by atoms with E-state index in [0.29, 0.717) is 23.9 Å². The second-order valence-corrected chi connectivity index (χ2v) is 26.5. The van der Waals surface area contributed by atoms with E-state index in [9.17, 15) is 19.0 Å². The fourth-order valence-electron chi connectivity index (χ4n) is 10.5. The molecular weight excluding hydrogens is 1000 g/mol. The highest BCUT2D eigenvalue weighted by Crippen LogP contribution is 2.43. The maximum Gasteiger partial charge on any atom is 0.472 e. The molecule has 0 spiro atoms. The molecule has 0 fully saturated rings. The first kappa shape index (κ1) is 77.5. The van der Waals surface area contributed by atoms with Gasteiger partial charge in [0.1, 0.15) is 19.3 Å². The number of ether oxygens (including phenoxy) is 1. The number of rotatable bonds is 64. The number of phosphoric acid groups is 1. The van der Waals surface area contributed by atoms with E-state index in [0.717, 1.165) is 57.8 Å². The Hall–Kier alpha value is -1.51. The molecule has 0 aromatic heterocycles. The van der Waals surface area contributed by atoms with Gasteiger partial charge in [0.25, 0.3) is 0 Å². The lowest BCUT2D eigenvalue weighted by molar-refractivity contribution is -0.870. The van der Waals surface area contributed by atoms with Crippen LogP contribution in [0.1, 0.15) is 355 Å². The minimum absolute atomic E-state index is 0.0441. The van der Waals surface area contributed by atoms with Crippen molar-refractivity contribution in [2.24, 2.45) is 0 Å². The maximum atomic E-state index is 13.6. The first-order valence-electron chi connectivity index (χ1n) is 34.7. The molecule has 0 aromatic carbocycles. The van der Waals surface area contributed by atoms with E-state index in [2.05, 4.69) is 44.3 Å². The first-order chi connectivity index (χ1) is 38.4. The molecule has 2 N–H and O–H groups in total. The molecule has 0 saturated heterocycles. The standard InChI is InChI=1S/C69H135N2O7P/c1-7-10-13-16-19-22-25-28-30-32-34-35-37-38-40-43-46-49-52-55-58-61-68(72)70-66(65-77-79(74,75)76-64-63-71(4,5)6)67(60-57-54-51-48-45-42-27-24-21-18-15-12-9-3)78-69(73)62-59-56-53-50-47-44-41-39-36-33-31-29-26-23-20-17-14-11-8-2/h28,30,57,60,66-67H,7-27,29,31-56,58-59,61-65H2,1-6H3,(H-,70,72,74,75)/p+1/b30-28+,60-57+. The van der Waals surface area contributed by atoms with E-state index in [-0.39, 0.29) is 25.1 Å². The van der Waals surface area contributed by atoms with Crippen LogP contribution in [0.3, 0.4) is 0 Å². The summed E-state index contributed by atoms with van der Waals surface area (Å²) in [4.78, 5) is 37.9. The minimum Gasteiger partial charge on any atom is -0.456 e. The van der Waals surface area contributed by atoms with Crippen LogP contribution in [-0.4, -0.2) is 74.3 Å². The third-order valence-electron chi connectivity index (χ3n) is 15.9. The molecule has 0 saturated carbocycles. The largest absolute Gasteiger partial charge is 0.472 e. The van der Waals surface area contributed by atoms with Crippen LogP contribution in [0.15, 0.2) is 24.3 Å². The molecule has 0 aromatic rings. The Morgan fingerprint density at radius 3 is 1.08 bits per heavy atom. The summed E-state index contributed by atoms with van der Waals surface area (Å²) in [5.74, 6) is -0.483. The molecule has 0 bridgehead atoms. The van der Waals surface area contributed by atoms with Crippen molar-refractivity contribution in [3.05, 3.63) is 24.3 Å². The molecule has 79 heavy (non-hydrogen) atoms. The normalized spacial score (nSPS) is 13.7. The van der Waals surface area contributed by atoms with Crippen LogP contribution in [-0.2, 0) is 27.9 Å². The molecule has 0 aliphatic heterocycles. The Morgan fingerprint density at radius 1 is 0.430 bits per heavy atom. The lowest BCUT2D eigenvalue weighted by atomic mass is 10.0. The van der Waals surface area contributed by atoms with Crippen LogP contribution in [0.4, 0.5) is 0 Å². The van der Waals surface area contributed by atoms with Gasteiger partial charge in [-0.2, -0.15) is 0 Å². The van der Waals surface area contributed by atoms with Crippen molar-refractivity contribution in [1.29, 1.82) is 0 Å². The molecule has 3 atom stereocenters. The van der Waals surface area contributed by atoms with Crippen molar-refractivity contribution in [1.82, 2.24) is 5.32 Å². The van der Waals surface area contributed by atoms with Crippen LogP contribution in [0.5, 0.6) is 0 Å². The van der Waals surface area contributed by atoms with Crippen LogP contribution in [0.2, 0.25) is 0 Å². The zero-order chi connectivity index (χ0) is 57.9. The van der Waals surface area contributed by atoms with Crippen molar-refractivity contribution >= 4 is 19.7 Å². The number of carbonyl (C=O) groups excluding carboxylic acids is 2. The van der Waals surface area contributed by atoms with Gasteiger partial charge in [0.05, 0.1) is 33.8 Å². The number of esters is 1. The second-order valence-electron chi connectivity index (χ2n) is 25.1. The topological polar surface area (TPSA) is 111 Å². The zero-order valence-electron chi connectivity index (χ0n) is 53.6. The second kappa shape index (κ2) is 59.6. The minimum atomic E-state index is -4.45. The van der Waals surface area contributed by atoms with Crippen LogP contribution < -0.4 is 5.32 Å². The van der Waals surface area contributed by atoms with Gasteiger partial charge in [-0.15, -0.1) is 0 Å². The highest BCUT2D eigenvalue weighted by Gasteiger charge is 2.30. The summed E-state index contributed by atoms with van der Waals surface area (Å²) in [6.45, 7) is 7.08. The molecule has 0 radical (unpaired) electrons. The van der Waals surface area contributed by atoms with Gasteiger partial charge in [0, 0.05) is 12.8 Å². The van der Waals surface area contributed by atoms with Gasteiger partial charge in [0.2, 0.25) is 5.91 Å². The predicted octanol–water partition coefficient (Wildman–Crippen LogP) is 21.7. The van der Waals surface area contributed by atoms with Crippen LogP contribution in [0, 0.1) is 0 Å². The van der Waals surface area contributed by atoms with Crippen LogP contribution in [0.25, 0.3) is 0 Å². The number of nitrogens with one attached hydrogen (secondary N) is 1. The fraction of sp³-hybridized carbons (Fsp3) is 0.913. The summed E-state index contributed by atoms with van der Waals surface area (Å²) in [5, 5.41) is 3.08. The van der Waals surface area contributed by atoms with Gasteiger partial charge < -0.3 is 19.4 Å². The summed E-state index contributed by atoms with van der Waals surface area (Å²) in [6.07, 6.45) is 71.8. The summed E-state index contributed by atoms with van der Waals surface area (Å²) >= 11 is 0. The number of likely N-dealkylation sites (N-methyl/N-ethyl adjacent to an activating group) is 1. The fourth-order valence-corrected chi connectivity index (χ4v) is 11.3. The smallest absolute Gasteiger partial charge is 0.456 e. The van der Waals surface area contributed by atoms with E-state index in [1.807, 2.05) is 27.2 Å². The van der Waals surface area contributed by atoms with Crippen LogP contribution >= 0.6 is 7.82 Å². The summed E-state index contributed by atoms with van der Waals surface area (Å²) in [5.41, 5.74) is 0. The number of nitrogens with zero attached hydrogens (tertiary/aromatic N) is 1. The Kier molecular flexibility index (Phi) is 58.5.